The summed E-state index contributed by atoms with van der Waals surface area (Å²) in [6.07, 6.45) is 0. The molecule has 0 saturated heterocycles. The van der Waals surface area contributed by atoms with Gasteiger partial charge < -0.3 is 4.42 Å². The van der Waals surface area contributed by atoms with Crippen LogP contribution in [0.2, 0.25) is 0 Å². The van der Waals surface area contributed by atoms with Crippen molar-refractivity contribution >= 4 is 86.6 Å². The first-order chi connectivity index (χ1) is 35.8. The average molecular weight is 739 g/mol. The highest BCUT2D eigenvalue weighted by Gasteiger charge is 2.22. The van der Waals surface area contributed by atoms with E-state index in [1.165, 1.54) is 0 Å². The number of benzene rings is 12. The second kappa shape index (κ2) is 11.5. The molecule has 1 heteroatoms. The monoisotopic (exact) mass is 738 g/mol. The van der Waals surface area contributed by atoms with E-state index in [4.69, 9.17) is 15.4 Å². The van der Waals surface area contributed by atoms with Crippen LogP contribution in [-0.4, -0.2) is 0 Å². The quantitative estimate of drug-likeness (QED) is 0.164. The fraction of sp³-hybridized carbons (Fsp3) is 0. The van der Waals surface area contributed by atoms with Gasteiger partial charge in [0.15, 0.2) is 0 Å². The lowest BCUT2D eigenvalue weighted by atomic mass is 9.81. The molecule has 0 fully saturated rings. The van der Waals surface area contributed by atoms with E-state index in [1.807, 2.05) is 30.3 Å². The molecule has 0 aliphatic rings. The van der Waals surface area contributed by atoms with Crippen LogP contribution in [0.5, 0.6) is 0 Å². The van der Waals surface area contributed by atoms with Crippen molar-refractivity contribution in [1.29, 1.82) is 0 Å². The fourth-order valence-electron chi connectivity index (χ4n) is 8.53. The Morgan fingerprint density at radius 3 is 1.39 bits per heavy atom. The molecular weight excluding hydrogens is 689 g/mol. The third kappa shape index (κ3) is 4.40. The molecule has 0 amide bonds. The van der Waals surface area contributed by atoms with Gasteiger partial charge in [-0.05, 0) is 139 Å². The zero-order chi connectivity index (χ0) is 52.9. The molecule has 12 aromatic carbocycles. The van der Waals surface area contributed by atoms with Crippen LogP contribution in [0.1, 0.15) is 24.7 Å². The van der Waals surface area contributed by atoms with E-state index in [-0.39, 0.29) is 86.9 Å². The topological polar surface area (TPSA) is 13.1 Å². The molecule has 0 radical (unpaired) electrons. The lowest BCUT2D eigenvalue weighted by Gasteiger charge is -2.22. The van der Waals surface area contributed by atoms with Crippen LogP contribution >= 0.6 is 0 Å². The van der Waals surface area contributed by atoms with Gasteiger partial charge in [0.1, 0.15) is 11.2 Å². The van der Waals surface area contributed by atoms with Crippen LogP contribution in [0.15, 0.2) is 198 Å². The minimum Gasteiger partial charge on any atom is -0.456 e. The maximum Gasteiger partial charge on any atom is 0.135 e. The molecule has 0 N–H and O–H groups in total. The molecule has 1 aromatic heterocycles. The van der Waals surface area contributed by atoms with E-state index in [2.05, 4.69) is 0 Å². The number of furan rings is 1. The Bertz CT molecular complexity index is 4750. The first-order valence-electron chi connectivity index (χ1n) is 27.3. The van der Waals surface area contributed by atoms with Gasteiger partial charge in [-0.15, -0.1) is 0 Å². The van der Waals surface area contributed by atoms with Gasteiger partial charge >= 0.3 is 0 Å². The van der Waals surface area contributed by atoms with E-state index in [0.717, 1.165) is 5.39 Å². The normalized spacial score (nSPS) is 16.6. The highest BCUT2D eigenvalue weighted by Crippen LogP contribution is 2.49. The fourth-order valence-corrected chi connectivity index (χ4v) is 8.53. The predicted octanol–water partition coefficient (Wildman–Crippen LogP) is 16.0. The average Bonchev–Trinajstić information content (AvgIpc) is 3.79. The first-order valence-corrected chi connectivity index (χ1v) is 18.3. The Labute approximate surface area is 353 Å². The number of hydrogen-bond donors (Lipinski definition) is 0. The molecule has 0 aliphatic heterocycles. The smallest absolute Gasteiger partial charge is 0.135 e. The van der Waals surface area contributed by atoms with E-state index in [0.29, 0.717) is 38.8 Å². The Morgan fingerprint density at radius 2 is 0.772 bits per heavy atom. The van der Waals surface area contributed by atoms with Crippen LogP contribution in [-0.2, 0) is 0 Å². The third-order valence-corrected chi connectivity index (χ3v) is 11.1. The first kappa shape index (κ1) is 18.4. The van der Waals surface area contributed by atoms with Crippen molar-refractivity contribution in [3.05, 3.63) is 194 Å². The number of para-hydroxylation sites is 1. The van der Waals surface area contributed by atoms with Crippen LogP contribution < -0.4 is 0 Å². The minimum atomic E-state index is -0.618. The molecule has 0 spiro atoms. The van der Waals surface area contributed by atoms with Crippen molar-refractivity contribution in [1.82, 2.24) is 0 Å². The molecule has 262 valence electrons. The summed E-state index contributed by atoms with van der Waals surface area (Å²) in [7, 11) is 0. The van der Waals surface area contributed by atoms with Crippen molar-refractivity contribution in [2.75, 3.05) is 0 Å². The standard InChI is InChI=1S/C56H32O/c1-2-8-33(9-3-1)46-31-47(40-24-29-52-50(30-40)43-14-4-5-15-51(43)57-52)49(42-26-21-39-19-17-35-11-7-13-37-23-28-45(42)56(39)54(35)37)32-48(46)41-25-20-38-18-16-34-10-6-12-36-22-27-44(41)55(38)53(34)36/h1-32H/i6D,7D,10D,11D,12D,13D,16D,17D,18D,19D,20D,21D,22D,23D,25D,26D,27D,28D. The second-order valence-electron chi connectivity index (χ2n) is 14.1. The summed E-state index contributed by atoms with van der Waals surface area (Å²) in [5.41, 5.74) is 2.99. The summed E-state index contributed by atoms with van der Waals surface area (Å²) >= 11 is 0. The zero-order valence-corrected chi connectivity index (χ0v) is 29.5. The van der Waals surface area contributed by atoms with Crippen LogP contribution in [0.25, 0.3) is 131 Å². The molecule has 13 aromatic rings. The maximum atomic E-state index is 9.98. The molecule has 0 aliphatic carbocycles. The van der Waals surface area contributed by atoms with E-state index in [9.17, 15) is 13.7 Å². The molecule has 1 nitrogen and oxygen atoms in total. The van der Waals surface area contributed by atoms with E-state index >= 15 is 0 Å². The van der Waals surface area contributed by atoms with Gasteiger partial charge in [0.05, 0.1) is 24.7 Å². The van der Waals surface area contributed by atoms with E-state index in [1.54, 1.807) is 54.6 Å². The Kier molecular flexibility index (Phi) is 3.73. The summed E-state index contributed by atoms with van der Waals surface area (Å²) in [4.78, 5) is 0. The number of hydrogen-bond acceptors (Lipinski definition) is 1. The summed E-state index contributed by atoms with van der Waals surface area (Å²) in [6, 6.07) is 15.1. The summed E-state index contributed by atoms with van der Waals surface area (Å²) in [5.74, 6) is 0. The number of fused-ring (bicyclic) bond motifs is 3. The van der Waals surface area contributed by atoms with Gasteiger partial charge in [0.2, 0.25) is 0 Å². The predicted molar refractivity (Wildman–Crippen MR) is 243 cm³/mol. The van der Waals surface area contributed by atoms with Crippen LogP contribution in [0, 0.1) is 0 Å². The molecular formula is C56H32O. The molecule has 57 heavy (non-hydrogen) atoms. The third-order valence-electron chi connectivity index (χ3n) is 11.1. The van der Waals surface area contributed by atoms with Gasteiger partial charge in [-0.2, -0.15) is 0 Å². The Hall–Kier alpha value is -7.48. The molecule has 0 atom stereocenters. The van der Waals surface area contributed by atoms with E-state index < -0.39 is 109 Å². The highest BCUT2D eigenvalue weighted by molar-refractivity contribution is 6.28. The lowest BCUT2D eigenvalue weighted by Crippen LogP contribution is -1.95. The summed E-state index contributed by atoms with van der Waals surface area (Å²) < 4.78 is 174. The Balaban J connectivity index is 1.30. The van der Waals surface area contributed by atoms with Crippen LogP contribution in [0.3, 0.4) is 0 Å². The van der Waals surface area contributed by atoms with Crippen molar-refractivity contribution in [3.8, 4) is 44.5 Å². The van der Waals surface area contributed by atoms with Gasteiger partial charge in [0.25, 0.3) is 0 Å². The molecule has 0 bridgehead atoms. The molecule has 0 unspecified atom stereocenters. The van der Waals surface area contributed by atoms with Crippen molar-refractivity contribution < 1.29 is 29.1 Å². The minimum absolute atomic E-state index is 0.0353. The van der Waals surface area contributed by atoms with Crippen LogP contribution in [0.4, 0.5) is 0 Å². The molecule has 1 heterocycles. The van der Waals surface area contributed by atoms with Gasteiger partial charge in [0, 0.05) is 10.8 Å². The molecule has 13 rings (SSSR count). The molecule has 0 saturated carbocycles. The maximum absolute atomic E-state index is 9.98. The lowest BCUT2D eigenvalue weighted by molar-refractivity contribution is 0.669. The zero-order valence-electron chi connectivity index (χ0n) is 47.5. The summed E-state index contributed by atoms with van der Waals surface area (Å²) in [5, 5.41) is -0.374. The van der Waals surface area contributed by atoms with Crippen molar-refractivity contribution in [3.63, 3.8) is 0 Å². The van der Waals surface area contributed by atoms with Crippen molar-refractivity contribution in [2.45, 2.75) is 0 Å². The second-order valence-corrected chi connectivity index (χ2v) is 14.1. The van der Waals surface area contributed by atoms with Gasteiger partial charge in [-0.25, -0.2) is 0 Å². The Morgan fingerprint density at radius 1 is 0.298 bits per heavy atom. The van der Waals surface area contributed by atoms with Crippen molar-refractivity contribution in [2.24, 2.45) is 0 Å². The van der Waals surface area contributed by atoms with Gasteiger partial charge in [-0.3, -0.25) is 0 Å². The highest BCUT2D eigenvalue weighted by atomic mass is 16.3. The number of rotatable bonds is 4. The largest absolute Gasteiger partial charge is 0.456 e. The SMILES string of the molecule is [2H]c1c([2H])c2c([2H])c([2H])c3c([2H])c([2H])c(-c4cc(-c5c([2H])c([2H])c6c([2H])c([2H])c7c([2H])c([2H])c([2H])c8c([2H])c([2H])c5c6c78)c(-c5ccc6oc7ccccc7c6c5)cc4-c4ccccc4)c4c([2H])c([2H])c(c1[2H])c2c34. The van der Waals surface area contributed by atoms with Gasteiger partial charge in [-0.1, -0.05) is 163 Å². The summed E-state index contributed by atoms with van der Waals surface area (Å²) in [6.45, 7) is 0.